The van der Waals surface area contributed by atoms with E-state index in [1.165, 1.54) is 77.2 Å². The Kier molecular flexibility index (Phi) is 10.6. The number of hydrogen-bond donors (Lipinski definition) is 0. The molecule has 48 heavy (non-hydrogen) atoms. The summed E-state index contributed by atoms with van der Waals surface area (Å²) in [6.45, 7) is 16.6. The number of allylic oxidation sites excluding steroid dienone is 12. The number of fused-ring (bicyclic) bond motifs is 3. The number of rotatable bonds is 2. The van der Waals surface area contributed by atoms with E-state index in [0.29, 0.717) is 3.63 Å². The number of aryl methyl sites for hydroxylation is 1. The number of hydrogen-bond acceptors (Lipinski definition) is 0. The summed E-state index contributed by atoms with van der Waals surface area (Å²) >= 11 is 1.56. The molecule has 0 bridgehead atoms. The van der Waals surface area contributed by atoms with Gasteiger partial charge in [0.05, 0.1) is 0 Å². The molecule has 1 atom stereocenters. The summed E-state index contributed by atoms with van der Waals surface area (Å²) in [5.41, 5.74) is 18.9. The minimum Gasteiger partial charge on any atom is -1.00 e. The van der Waals surface area contributed by atoms with Crippen molar-refractivity contribution in [3.8, 4) is 11.1 Å². The summed E-state index contributed by atoms with van der Waals surface area (Å²) < 4.78 is 0.380. The Morgan fingerprint density at radius 3 is 1.92 bits per heavy atom. The van der Waals surface area contributed by atoms with Crippen molar-refractivity contribution in [2.24, 2.45) is 0 Å². The second kappa shape index (κ2) is 13.9. The number of halogens is 2. The van der Waals surface area contributed by atoms with E-state index >= 15 is 0 Å². The Morgan fingerprint density at radius 2 is 1.33 bits per heavy atom. The van der Waals surface area contributed by atoms with Crippen molar-refractivity contribution in [1.82, 2.24) is 0 Å². The van der Waals surface area contributed by atoms with E-state index in [1.54, 1.807) is 30.3 Å². The Bertz CT molecular complexity index is 2100. The van der Waals surface area contributed by atoms with Crippen LogP contribution < -0.4 is 35.3 Å². The van der Waals surface area contributed by atoms with Gasteiger partial charge in [0.15, 0.2) is 0 Å². The van der Waals surface area contributed by atoms with Crippen molar-refractivity contribution in [3.63, 3.8) is 0 Å². The van der Waals surface area contributed by atoms with Crippen LogP contribution >= 0.6 is 0 Å². The van der Waals surface area contributed by atoms with Crippen LogP contribution in [0.1, 0.15) is 103 Å². The minimum absolute atomic E-state index is 0. The zero-order valence-electron chi connectivity index (χ0n) is 29.3. The van der Waals surface area contributed by atoms with Crippen LogP contribution in [0.4, 0.5) is 0 Å². The van der Waals surface area contributed by atoms with E-state index in [0.717, 1.165) is 19.3 Å². The van der Waals surface area contributed by atoms with Gasteiger partial charge in [-0.1, -0.05) is 0 Å². The van der Waals surface area contributed by atoms with Crippen molar-refractivity contribution in [2.75, 3.05) is 0 Å². The Balaban J connectivity index is 0.00000225. The predicted molar refractivity (Wildman–Crippen MR) is 195 cm³/mol. The molecule has 3 heteroatoms. The van der Waals surface area contributed by atoms with Gasteiger partial charge in [-0.2, -0.15) is 0 Å². The van der Waals surface area contributed by atoms with E-state index in [1.807, 2.05) is 0 Å². The van der Waals surface area contributed by atoms with Gasteiger partial charge in [0.1, 0.15) is 0 Å². The summed E-state index contributed by atoms with van der Waals surface area (Å²) in [6, 6.07) is 16.5. The fourth-order valence-corrected chi connectivity index (χ4v) is 9.21. The SMILES string of the molecule is Cc1cccc(C2=C(c3c4c(c(=C5C=CC=CC5)c(=C5C=CC=CC5)c3C(C)(C)C)-c3ccc(C(C)(C)C)cc3[CH]4[Zr+2])CC=C2)c1.[Cl-].[Cl-]. The first kappa shape index (κ1) is 36.6. The maximum absolute atomic E-state index is 2.55. The Labute approximate surface area is 315 Å². The second-order valence-electron chi connectivity index (χ2n) is 15.4. The molecule has 3 aromatic rings. The molecule has 0 aliphatic heterocycles. The molecule has 0 saturated carbocycles. The van der Waals surface area contributed by atoms with Crippen molar-refractivity contribution in [2.45, 2.75) is 82.2 Å². The van der Waals surface area contributed by atoms with Gasteiger partial charge in [-0.05, 0) is 0 Å². The topological polar surface area (TPSA) is 0 Å². The van der Waals surface area contributed by atoms with E-state index in [2.05, 4.69) is 152 Å². The van der Waals surface area contributed by atoms with Crippen LogP contribution in [0.25, 0.3) is 33.4 Å². The van der Waals surface area contributed by atoms with Gasteiger partial charge < -0.3 is 24.8 Å². The Morgan fingerprint density at radius 1 is 0.667 bits per heavy atom. The first-order valence-electron chi connectivity index (χ1n) is 16.9. The summed E-state index contributed by atoms with van der Waals surface area (Å²) in [4.78, 5) is 0. The fourth-order valence-electron chi connectivity index (χ4n) is 7.92. The molecule has 1 unspecified atom stereocenters. The minimum atomic E-state index is -0.0698. The first-order chi connectivity index (χ1) is 21.9. The molecule has 0 N–H and O–H groups in total. The molecule has 0 saturated heterocycles. The zero-order valence-corrected chi connectivity index (χ0v) is 33.2. The van der Waals surface area contributed by atoms with E-state index in [9.17, 15) is 0 Å². The van der Waals surface area contributed by atoms with E-state index in [4.69, 9.17) is 0 Å². The summed E-state index contributed by atoms with van der Waals surface area (Å²) in [7, 11) is 0. The molecule has 4 aliphatic carbocycles. The van der Waals surface area contributed by atoms with Crippen molar-refractivity contribution < 1.29 is 49.5 Å². The van der Waals surface area contributed by atoms with Gasteiger partial charge in [-0.25, -0.2) is 0 Å². The largest absolute Gasteiger partial charge is 1.00 e. The molecule has 0 aromatic heterocycles. The molecule has 0 fully saturated rings. The third kappa shape index (κ3) is 6.37. The number of benzene rings is 3. The van der Waals surface area contributed by atoms with E-state index in [-0.39, 0.29) is 35.6 Å². The Hall–Kier alpha value is -2.70. The smallest absolute Gasteiger partial charge is 1.00 e. The summed E-state index contributed by atoms with van der Waals surface area (Å²) in [5.74, 6) is 0. The summed E-state index contributed by atoms with van der Waals surface area (Å²) in [5, 5.41) is 2.94. The van der Waals surface area contributed by atoms with Crippen LogP contribution in [-0.2, 0) is 35.5 Å². The van der Waals surface area contributed by atoms with Crippen LogP contribution in [0.3, 0.4) is 0 Å². The normalized spacial score (nSPS) is 20.1. The molecular formula is C45H45Cl2Zr. The third-order valence-electron chi connectivity index (χ3n) is 10.0. The van der Waals surface area contributed by atoms with Crippen molar-refractivity contribution in [3.05, 3.63) is 153 Å². The van der Waals surface area contributed by atoms with Crippen LogP contribution in [0.2, 0.25) is 0 Å². The maximum Gasteiger partial charge on any atom is -1.00 e. The van der Waals surface area contributed by atoms with Gasteiger partial charge in [0.25, 0.3) is 0 Å². The van der Waals surface area contributed by atoms with Gasteiger partial charge in [0.2, 0.25) is 0 Å². The van der Waals surface area contributed by atoms with E-state index < -0.39 is 0 Å². The molecule has 0 heterocycles. The van der Waals surface area contributed by atoms with Crippen molar-refractivity contribution >= 4 is 22.3 Å². The van der Waals surface area contributed by atoms with Crippen LogP contribution in [0.5, 0.6) is 0 Å². The fraction of sp³-hybridized carbons (Fsp3) is 0.289. The molecule has 7 rings (SSSR count). The quantitative estimate of drug-likeness (QED) is 0.365. The molecule has 0 spiro atoms. The third-order valence-corrected chi connectivity index (χ3v) is 11.5. The monoisotopic (exact) mass is 745 g/mol. The van der Waals surface area contributed by atoms with Crippen molar-refractivity contribution in [1.29, 1.82) is 0 Å². The summed E-state index contributed by atoms with van der Waals surface area (Å²) in [6.07, 6.45) is 26.0. The zero-order chi connectivity index (χ0) is 32.4. The molecule has 0 amide bonds. The average Bonchev–Trinajstić information content (AvgIpc) is 3.63. The molecule has 0 nitrogen and oxygen atoms in total. The molecule has 243 valence electrons. The maximum atomic E-state index is 2.55. The van der Waals surface area contributed by atoms with Gasteiger partial charge in [-0.15, -0.1) is 0 Å². The standard InChI is InChI=1S/C45H45.2ClH.Zr/c1-29-16-14-21-32(26-29)35-22-15-23-37(35)42-38-28-33-27-34(44(2,3)4)24-25-36(33)41(38)39(30-17-10-8-11-18-30)40(43(42)45(5,6)7)31-19-12-9-13-20-31;;;/h8-17,19,21-22,24-28H,18,20,23H2,1-7H3;2*1H;/q;;;+2/p-2. The molecule has 4 aliphatic rings. The van der Waals surface area contributed by atoms with Gasteiger partial charge in [0, 0.05) is 0 Å². The average molecular weight is 748 g/mol. The second-order valence-corrected chi connectivity index (χ2v) is 16.8. The van der Waals surface area contributed by atoms with Gasteiger partial charge in [-0.3, -0.25) is 0 Å². The molecule has 0 radical (unpaired) electrons. The van der Waals surface area contributed by atoms with Crippen LogP contribution in [0.15, 0.2) is 103 Å². The van der Waals surface area contributed by atoms with Gasteiger partial charge >= 0.3 is 293 Å². The first-order valence-corrected chi connectivity index (χ1v) is 18.3. The van der Waals surface area contributed by atoms with Crippen LogP contribution in [-0.4, -0.2) is 0 Å². The predicted octanol–water partition coefficient (Wildman–Crippen LogP) is 4.42. The van der Waals surface area contributed by atoms with Crippen LogP contribution in [0, 0.1) is 6.92 Å². The molecular weight excluding hydrogens is 703 g/mol. The molecule has 3 aromatic carbocycles.